The molecule has 0 aromatic rings. The Balaban J connectivity index is 1.52. The number of hydrogen-bond donors (Lipinski definition) is 1. The van der Waals surface area contributed by atoms with Gasteiger partial charge in [-0.25, -0.2) is 0 Å². The normalized spacial score (nSPS) is 32.3. The number of fused-ring (bicyclic) bond motifs is 1. The van der Waals surface area contributed by atoms with Crippen molar-refractivity contribution in [3.63, 3.8) is 0 Å². The topological polar surface area (TPSA) is 49.4 Å². The van der Waals surface area contributed by atoms with Gasteiger partial charge in [0, 0.05) is 13.1 Å². The van der Waals surface area contributed by atoms with E-state index >= 15 is 0 Å². The lowest BCUT2D eigenvalue weighted by Crippen LogP contribution is -2.45. The molecule has 1 N–H and O–H groups in total. The van der Waals surface area contributed by atoms with E-state index in [2.05, 4.69) is 12.2 Å². The van der Waals surface area contributed by atoms with E-state index in [1.165, 1.54) is 12.8 Å². The first-order valence-corrected chi connectivity index (χ1v) is 8.37. The van der Waals surface area contributed by atoms with E-state index in [4.69, 9.17) is 0 Å². The summed E-state index contributed by atoms with van der Waals surface area (Å²) in [4.78, 5) is 25.7. The molecule has 3 aliphatic rings. The molecule has 2 aliphatic carbocycles. The minimum atomic E-state index is -4.53. The van der Waals surface area contributed by atoms with Gasteiger partial charge >= 0.3 is 6.18 Å². The van der Waals surface area contributed by atoms with E-state index in [1.807, 2.05) is 0 Å². The number of rotatable bonds is 3. The number of amides is 2. The summed E-state index contributed by atoms with van der Waals surface area (Å²) in [5.41, 5.74) is -2.25. The second kappa shape index (κ2) is 5.67. The van der Waals surface area contributed by atoms with Gasteiger partial charge in [-0.2, -0.15) is 13.2 Å². The number of nitrogens with zero attached hydrogens (tertiary/aromatic N) is 1. The maximum Gasteiger partial charge on any atom is 0.403 e. The first-order chi connectivity index (χ1) is 10.7. The molecule has 2 saturated carbocycles. The summed E-state index contributed by atoms with van der Waals surface area (Å²) < 4.78 is 38.6. The van der Waals surface area contributed by atoms with Crippen LogP contribution in [-0.4, -0.2) is 42.5 Å². The van der Waals surface area contributed by atoms with E-state index in [0.29, 0.717) is 30.8 Å². The molecule has 2 unspecified atom stereocenters. The molecule has 0 aromatic carbocycles. The summed E-state index contributed by atoms with van der Waals surface area (Å²) in [5, 5.41) is 2.21. The number of alkyl halides is 3. The highest BCUT2D eigenvalue weighted by Gasteiger charge is 2.68. The minimum absolute atomic E-state index is 0.179. The van der Waals surface area contributed by atoms with Gasteiger partial charge in [-0.15, -0.1) is 0 Å². The van der Waals surface area contributed by atoms with Crippen LogP contribution < -0.4 is 5.32 Å². The van der Waals surface area contributed by atoms with E-state index in [9.17, 15) is 22.8 Å². The van der Waals surface area contributed by atoms with Crippen molar-refractivity contribution < 1.29 is 22.8 Å². The lowest BCUT2D eigenvalue weighted by Gasteiger charge is -2.29. The third-order valence-electron chi connectivity index (χ3n) is 5.94. The molecule has 0 aromatic heterocycles. The monoisotopic (exact) mass is 332 g/mol. The SMILES string of the molecule is C[C@@H]1CCCC2CN(C(=O)CNC(=O)C3(C(F)(F)F)CC3)CC21. The zero-order chi connectivity index (χ0) is 16.8. The number of halogens is 3. The van der Waals surface area contributed by atoms with Gasteiger partial charge in [-0.1, -0.05) is 19.8 Å². The minimum Gasteiger partial charge on any atom is -0.346 e. The van der Waals surface area contributed by atoms with Crippen LogP contribution in [0.3, 0.4) is 0 Å². The predicted octanol–water partition coefficient (Wildman–Crippen LogP) is 2.34. The van der Waals surface area contributed by atoms with Crippen LogP contribution in [0.1, 0.15) is 39.0 Å². The van der Waals surface area contributed by atoms with Crippen LogP contribution in [0, 0.1) is 23.2 Å². The van der Waals surface area contributed by atoms with Crippen molar-refractivity contribution in [2.45, 2.75) is 45.2 Å². The maximum atomic E-state index is 12.9. The second-order valence-electron chi connectivity index (χ2n) is 7.39. The Morgan fingerprint density at radius 3 is 2.48 bits per heavy atom. The van der Waals surface area contributed by atoms with Crippen molar-refractivity contribution >= 4 is 11.8 Å². The highest BCUT2D eigenvalue weighted by molar-refractivity contribution is 5.90. The van der Waals surface area contributed by atoms with Crippen LogP contribution in [0.2, 0.25) is 0 Å². The molecule has 0 radical (unpaired) electrons. The molecular formula is C16H23F3N2O2. The van der Waals surface area contributed by atoms with Crippen LogP contribution in [0.15, 0.2) is 0 Å². The van der Waals surface area contributed by atoms with Crippen LogP contribution in [0.25, 0.3) is 0 Å². The molecule has 130 valence electrons. The maximum absolute atomic E-state index is 12.9. The molecule has 0 spiro atoms. The van der Waals surface area contributed by atoms with Crippen LogP contribution in [-0.2, 0) is 9.59 Å². The molecule has 7 heteroatoms. The van der Waals surface area contributed by atoms with Crippen molar-refractivity contribution in [2.75, 3.05) is 19.6 Å². The van der Waals surface area contributed by atoms with E-state index in [1.54, 1.807) is 4.90 Å². The first kappa shape index (κ1) is 16.6. The Hall–Kier alpha value is -1.27. The van der Waals surface area contributed by atoms with Gasteiger partial charge in [0.1, 0.15) is 5.41 Å². The third-order valence-corrected chi connectivity index (χ3v) is 5.94. The summed E-state index contributed by atoms with van der Waals surface area (Å²) in [6.45, 7) is 3.22. The molecule has 1 aliphatic heterocycles. The van der Waals surface area contributed by atoms with E-state index in [0.717, 1.165) is 6.42 Å². The van der Waals surface area contributed by atoms with Gasteiger partial charge in [0.25, 0.3) is 0 Å². The number of hydrogen-bond acceptors (Lipinski definition) is 2. The van der Waals surface area contributed by atoms with Gasteiger partial charge in [0.15, 0.2) is 0 Å². The van der Waals surface area contributed by atoms with Crippen molar-refractivity contribution in [1.82, 2.24) is 10.2 Å². The zero-order valence-corrected chi connectivity index (χ0v) is 13.3. The van der Waals surface area contributed by atoms with Gasteiger partial charge in [0.2, 0.25) is 11.8 Å². The molecule has 3 rings (SSSR count). The number of carbonyl (C=O) groups is 2. The van der Waals surface area contributed by atoms with Crippen LogP contribution >= 0.6 is 0 Å². The standard InChI is InChI=1S/C16H23F3N2O2/c1-10-3-2-4-11-8-21(9-12(10)11)13(22)7-20-14(23)15(5-6-15)16(17,18)19/h10-12H,2-9H2,1H3,(H,20,23)/t10-,11?,12?/m1/s1. The smallest absolute Gasteiger partial charge is 0.346 e. The Morgan fingerprint density at radius 2 is 1.91 bits per heavy atom. The zero-order valence-electron chi connectivity index (χ0n) is 13.3. The molecule has 1 saturated heterocycles. The highest BCUT2D eigenvalue weighted by atomic mass is 19.4. The first-order valence-electron chi connectivity index (χ1n) is 8.37. The Labute approximate surface area is 133 Å². The summed E-state index contributed by atoms with van der Waals surface area (Å²) >= 11 is 0. The quantitative estimate of drug-likeness (QED) is 0.862. The fourth-order valence-electron chi connectivity index (χ4n) is 4.17. The molecule has 3 fully saturated rings. The van der Waals surface area contributed by atoms with Gasteiger partial charge in [0.05, 0.1) is 6.54 Å². The van der Waals surface area contributed by atoms with Crippen LogP contribution in [0.4, 0.5) is 13.2 Å². The van der Waals surface area contributed by atoms with Crippen molar-refractivity contribution in [2.24, 2.45) is 23.2 Å². The summed E-state index contributed by atoms with van der Waals surface area (Å²) in [6, 6.07) is 0. The molecule has 23 heavy (non-hydrogen) atoms. The van der Waals surface area contributed by atoms with Crippen molar-refractivity contribution in [1.29, 1.82) is 0 Å². The third kappa shape index (κ3) is 2.94. The number of carbonyl (C=O) groups excluding carboxylic acids is 2. The fraction of sp³-hybridized carbons (Fsp3) is 0.875. The van der Waals surface area contributed by atoms with E-state index < -0.39 is 17.5 Å². The Morgan fingerprint density at radius 1 is 1.22 bits per heavy atom. The van der Waals surface area contributed by atoms with Gasteiger partial charge < -0.3 is 10.2 Å². The average molecular weight is 332 g/mol. The van der Waals surface area contributed by atoms with Gasteiger partial charge in [-0.05, 0) is 37.0 Å². The lowest BCUT2D eigenvalue weighted by atomic mass is 9.75. The van der Waals surface area contributed by atoms with Crippen LogP contribution in [0.5, 0.6) is 0 Å². The van der Waals surface area contributed by atoms with Gasteiger partial charge in [-0.3, -0.25) is 9.59 Å². The molecule has 1 heterocycles. The molecule has 0 bridgehead atoms. The number of nitrogens with one attached hydrogen (secondary N) is 1. The summed E-state index contributed by atoms with van der Waals surface area (Å²) in [5.74, 6) is 0.263. The average Bonchev–Trinajstić information content (AvgIpc) is 3.19. The summed E-state index contributed by atoms with van der Waals surface area (Å²) in [6.07, 6.45) is -1.42. The molecule has 3 atom stereocenters. The molecule has 4 nitrogen and oxygen atoms in total. The largest absolute Gasteiger partial charge is 0.403 e. The fourth-order valence-corrected chi connectivity index (χ4v) is 4.17. The van der Waals surface area contributed by atoms with E-state index in [-0.39, 0.29) is 25.3 Å². The predicted molar refractivity (Wildman–Crippen MR) is 77.3 cm³/mol. The second-order valence-corrected chi connectivity index (χ2v) is 7.39. The highest BCUT2D eigenvalue weighted by Crippen LogP contribution is 2.57. The Kier molecular flexibility index (Phi) is 4.09. The van der Waals surface area contributed by atoms with Crippen molar-refractivity contribution in [3.05, 3.63) is 0 Å². The summed E-state index contributed by atoms with van der Waals surface area (Å²) in [7, 11) is 0. The van der Waals surface area contributed by atoms with Crippen molar-refractivity contribution in [3.8, 4) is 0 Å². The lowest BCUT2D eigenvalue weighted by molar-refractivity contribution is -0.192. The number of likely N-dealkylation sites (tertiary alicyclic amines) is 1. The molecular weight excluding hydrogens is 309 g/mol. The Bertz CT molecular complexity index is 502. The molecule has 2 amide bonds.